The van der Waals surface area contributed by atoms with Gasteiger partial charge in [0.25, 0.3) is 0 Å². The van der Waals surface area contributed by atoms with E-state index in [0.717, 1.165) is 11.3 Å². The molecule has 0 bridgehead atoms. The van der Waals surface area contributed by atoms with E-state index in [9.17, 15) is 0 Å². The van der Waals surface area contributed by atoms with E-state index < -0.39 is 0 Å². The van der Waals surface area contributed by atoms with Crippen molar-refractivity contribution in [1.29, 1.82) is 5.26 Å². The average molecular weight is 228 g/mol. The summed E-state index contributed by atoms with van der Waals surface area (Å²) in [5, 5.41) is 16.4. The smallest absolute Gasteiger partial charge is 0.118 e. The van der Waals surface area contributed by atoms with Gasteiger partial charge in [0.1, 0.15) is 5.75 Å². The van der Waals surface area contributed by atoms with Crippen molar-refractivity contribution in [1.82, 2.24) is 15.0 Å². The highest BCUT2D eigenvalue weighted by molar-refractivity contribution is 5.27. The zero-order valence-electron chi connectivity index (χ0n) is 9.50. The molecular formula is C12H12N4O. The number of methoxy groups -OCH3 is 1. The number of rotatable bonds is 4. The van der Waals surface area contributed by atoms with Crippen LogP contribution in [0.25, 0.3) is 0 Å². The van der Waals surface area contributed by atoms with Crippen LogP contribution in [0.1, 0.15) is 11.3 Å². The van der Waals surface area contributed by atoms with Crippen LogP contribution in [0.15, 0.2) is 30.5 Å². The Bertz CT molecular complexity index is 524. The molecule has 17 heavy (non-hydrogen) atoms. The number of hydrogen-bond donors (Lipinski definition) is 0. The van der Waals surface area contributed by atoms with Crippen LogP contribution in [0.3, 0.4) is 0 Å². The van der Waals surface area contributed by atoms with Crippen molar-refractivity contribution in [3.63, 3.8) is 0 Å². The van der Waals surface area contributed by atoms with Gasteiger partial charge in [-0.25, -0.2) is 4.68 Å². The number of benzene rings is 1. The number of aromatic nitrogens is 3. The molecule has 2 aromatic rings. The minimum absolute atomic E-state index is 0.294. The number of ether oxygens (including phenoxy) is 1. The van der Waals surface area contributed by atoms with E-state index >= 15 is 0 Å². The molecule has 0 atom stereocenters. The number of nitriles is 1. The minimum Gasteiger partial charge on any atom is -0.497 e. The Kier molecular flexibility index (Phi) is 3.36. The number of nitrogens with zero attached hydrogens (tertiary/aromatic N) is 4. The third-order valence-electron chi connectivity index (χ3n) is 2.35. The van der Waals surface area contributed by atoms with E-state index in [1.54, 1.807) is 18.0 Å². The fourth-order valence-corrected chi connectivity index (χ4v) is 1.50. The third kappa shape index (κ3) is 2.82. The van der Waals surface area contributed by atoms with Crippen molar-refractivity contribution >= 4 is 0 Å². The molecule has 1 aromatic carbocycles. The Labute approximate surface area is 99.2 Å². The zero-order valence-corrected chi connectivity index (χ0v) is 9.50. The van der Waals surface area contributed by atoms with Crippen LogP contribution in [0.2, 0.25) is 0 Å². The van der Waals surface area contributed by atoms with Crippen LogP contribution >= 0.6 is 0 Å². The third-order valence-corrected chi connectivity index (χ3v) is 2.35. The SMILES string of the molecule is COc1ccc(Cn2cc(CC#N)nn2)cc1. The molecule has 1 heterocycles. The van der Waals surface area contributed by atoms with Crippen LogP contribution in [-0.2, 0) is 13.0 Å². The Morgan fingerprint density at radius 1 is 1.35 bits per heavy atom. The first-order valence-corrected chi connectivity index (χ1v) is 5.20. The summed E-state index contributed by atoms with van der Waals surface area (Å²) in [7, 11) is 1.64. The fourth-order valence-electron chi connectivity index (χ4n) is 1.50. The van der Waals surface area contributed by atoms with Crippen LogP contribution in [-0.4, -0.2) is 22.1 Å². The van der Waals surface area contributed by atoms with Crippen molar-refractivity contribution in [2.75, 3.05) is 7.11 Å². The normalized spacial score (nSPS) is 9.88. The first-order valence-electron chi connectivity index (χ1n) is 5.20. The Balaban J connectivity index is 2.06. The highest BCUT2D eigenvalue weighted by Crippen LogP contribution is 2.12. The maximum atomic E-state index is 8.54. The van der Waals surface area contributed by atoms with E-state index in [2.05, 4.69) is 10.3 Å². The van der Waals surface area contributed by atoms with Gasteiger partial charge < -0.3 is 4.74 Å². The monoisotopic (exact) mass is 228 g/mol. The summed E-state index contributed by atoms with van der Waals surface area (Å²) in [6.07, 6.45) is 2.08. The van der Waals surface area contributed by atoms with Crippen LogP contribution in [0.4, 0.5) is 0 Å². The first kappa shape index (κ1) is 11.1. The second-order valence-corrected chi connectivity index (χ2v) is 3.59. The van der Waals surface area contributed by atoms with Gasteiger partial charge in [-0.2, -0.15) is 5.26 Å². The predicted molar refractivity (Wildman–Crippen MR) is 61.4 cm³/mol. The minimum atomic E-state index is 0.294. The molecule has 0 spiro atoms. The molecule has 0 aliphatic heterocycles. The van der Waals surface area contributed by atoms with Gasteiger partial charge >= 0.3 is 0 Å². The molecule has 86 valence electrons. The Hall–Kier alpha value is -2.35. The summed E-state index contributed by atoms with van der Waals surface area (Å²) in [4.78, 5) is 0. The Morgan fingerprint density at radius 3 is 2.76 bits per heavy atom. The van der Waals surface area contributed by atoms with E-state index in [-0.39, 0.29) is 0 Å². The lowest BCUT2D eigenvalue weighted by Crippen LogP contribution is -2.00. The summed E-state index contributed by atoms with van der Waals surface area (Å²) < 4.78 is 6.80. The molecule has 0 aliphatic carbocycles. The fraction of sp³-hybridized carbons (Fsp3) is 0.250. The Morgan fingerprint density at radius 2 is 2.12 bits per heavy atom. The molecule has 5 heteroatoms. The van der Waals surface area contributed by atoms with E-state index in [1.165, 1.54) is 0 Å². The maximum Gasteiger partial charge on any atom is 0.118 e. The van der Waals surface area contributed by atoms with Crippen LogP contribution < -0.4 is 4.74 Å². The van der Waals surface area contributed by atoms with Gasteiger partial charge in [-0.3, -0.25) is 0 Å². The van der Waals surface area contributed by atoms with Gasteiger partial charge in [0.2, 0.25) is 0 Å². The molecule has 0 amide bonds. The van der Waals surface area contributed by atoms with Gasteiger partial charge in [-0.15, -0.1) is 5.10 Å². The van der Waals surface area contributed by atoms with Gasteiger partial charge in [0.05, 0.1) is 31.8 Å². The highest BCUT2D eigenvalue weighted by Gasteiger charge is 2.01. The molecule has 1 aromatic heterocycles. The summed E-state index contributed by atoms with van der Waals surface area (Å²) in [6, 6.07) is 9.81. The molecule has 2 rings (SSSR count). The standard InChI is InChI=1S/C12H12N4O/c1-17-12-4-2-10(3-5-12)8-16-9-11(6-7-13)14-15-16/h2-5,9H,6,8H2,1H3. The topological polar surface area (TPSA) is 63.7 Å². The molecule has 5 nitrogen and oxygen atoms in total. The second-order valence-electron chi connectivity index (χ2n) is 3.59. The van der Waals surface area contributed by atoms with Crippen molar-refractivity contribution in [2.45, 2.75) is 13.0 Å². The van der Waals surface area contributed by atoms with Crippen LogP contribution in [0.5, 0.6) is 5.75 Å². The van der Waals surface area contributed by atoms with Gasteiger partial charge in [-0.1, -0.05) is 17.3 Å². The van der Waals surface area contributed by atoms with E-state index in [1.807, 2.05) is 30.3 Å². The summed E-state index contributed by atoms with van der Waals surface area (Å²) in [5.74, 6) is 0.831. The summed E-state index contributed by atoms with van der Waals surface area (Å²) in [5.41, 5.74) is 1.81. The largest absolute Gasteiger partial charge is 0.497 e. The first-order chi connectivity index (χ1) is 8.31. The number of hydrogen-bond acceptors (Lipinski definition) is 4. The molecule has 0 radical (unpaired) electrons. The van der Waals surface area contributed by atoms with Crippen molar-refractivity contribution < 1.29 is 4.74 Å². The molecule has 0 fully saturated rings. The average Bonchev–Trinajstić information content (AvgIpc) is 2.78. The quantitative estimate of drug-likeness (QED) is 0.793. The van der Waals surface area contributed by atoms with Gasteiger partial charge in [0.15, 0.2) is 0 Å². The lowest BCUT2D eigenvalue weighted by molar-refractivity contribution is 0.414. The van der Waals surface area contributed by atoms with Crippen molar-refractivity contribution in [3.05, 3.63) is 41.7 Å². The molecular weight excluding hydrogens is 216 g/mol. The van der Waals surface area contributed by atoms with Crippen LogP contribution in [0, 0.1) is 11.3 Å². The summed E-state index contributed by atoms with van der Waals surface area (Å²) in [6.45, 7) is 0.641. The lowest BCUT2D eigenvalue weighted by atomic mass is 10.2. The van der Waals surface area contributed by atoms with E-state index in [0.29, 0.717) is 18.7 Å². The lowest BCUT2D eigenvalue weighted by Gasteiger charge is -2.02. The zero-order chi connectivity index (χ0) is 12.1. The van der Waals surface area contributed by atoms with Gasteiger partial charge in [-0.05, 0) is 17.7 Å². The van der Waals surface area contributed by atoms with Gasteiger partial charge in [0, 0.05) is 6.20 Å². The highest BCUT2D eigenvalue weighted by atomic mass is 16.5. The second kappa shape index (κ2) is 5.12. The molecule has 0 saturated heterocycles. The predicted octanol–water partition coefficient (Wildman–Crippen LogP) is 1.40. The molecule has 0 N–H and O–H groups in total. The molecule has 0 unspecified atom stereocenters. The van der Waals surface area contributed by atoms with Crippen molar-refractivity contribution in [2.24, 2.45) is 0 Å². The summed E-state index contributed by atoms with van der Waals surface area (Å²) >= 11 is 0. The molecule has 0 aliphatic rings. The maximum absolute atomic E-state index is 8.54. The van der Waals surface area contributed by atoms with Crippen molar-refractivity contribution in [3.8, 4) is 11.8 Å². The van der Waals surface area contributed by atoms with E-state index in [4.69, 9.17) is 10.00 Å². The molecule has 0 saturated carbocycles.